The summed E-state index contributed by atoms with van der Waals surface area (Å²) in [7, 11) is 0. The van der Waals surface area contributed by atoms with Gasteiger partial charge in [-0.05, 0) is 12.8 Å². The van der Waals surface area contributed by atoms with Crippen molar-refractivity contribution in [1.82, 2.24) is 14.7 Å². The van der Waals surface area contributed by atoms with E-state index in [0.717, 1.165) is 19.6 Å². The predicted molar refractivity (Wildman–Crippen MR) is 61.5 cm³/mol. The molecular weight excluding hydrogens is 202 g/mol. The molecule has 0 aromatic carbocycles. The average molecular weight is 219 g/mol. The van der Waals surface area contributed by atoms with Crippen LogP contribution in [0.25, 0.3) is 0 Å². The van der Waals surface area contributed by atoms with Crippen LogP contribution in [0.2, 0.25) is 0 Å². The molecule has 0 spiro atoms. The van der Waals surface area contributed by atoms with Crippen LogP contribution in [0, 0.1) is 11.3 Å². The van der Waals surface area contributed by atoms with Crippen molar-refractivity contribution < 1.29 is 0 Å². The van der Waals surface area contributed by atoms with Crippen LogP contribution in [0.1, 0.15) is 19.3 Å². The second kappa shape index (κ2) is 4.99. The van der Waals surface area contributed by atoms with Crippen LogP contribution < -0.4 is 5.73 Å². The fraction of sp³-hybridized carbons (Fsp3) is 0.636. The van der Waals surface area contributed by atoms with Crippen molar-refractivity contribution in [3.63, 3.8) is 0 Å². The van der Waals surface area contributed by atoms with Crippen molar-refractivity contribution in [2.45, 2.75) is 31.8 Å². The molecule has 0 aliphatic heterocycles. The highest BCUT2D eigenvalue weighted by Gasteiger charge is 2.28. The molecule has 2 N–H and O–H groups in total. The maximum Gasteiger partial charge on any atom is 0.0719 e. The van der Waals surface area contributed by atoms with Gasteiger partial charge in [0.1, 0.15) is 0 Å². The minimum Gasteiger partial charge on any atom is -0.396 e. The first-order valence-corrected chi connectivity index (χ1v) is 5.68. The van der Waals surface area contributed by atoms with Crippen molar-refractivity contribution in [1.29, 1.82) is 5.26 Å². The van der Waals surface area contributed by atoms with E-state index in [1.165, 1.54) is 12.8 Å². The Morgan fingerprint density at radius 3 is 2.94 bits per heavy atom. The smallest absolute Gasteiger partial charge is 0.0719 e. The highest BCUT2D eigenvalue weighted by Crippen LogP contribution is 2.26. The number of nitriles is 1. The molecule has 1 aromatic rings. The molecular formula is C11H17N5. The summed E-state index contributed by atoms with van der Waals surface area (Å²) < 4.78 is 1.86. The van der Waals surface area contributed by atoms with Crippen molar-refractivity contribution in [3.8, 4) is 6.07 Å². The highest BCUT2D eigenvalue weighted by molar-refractivity contribution is 5.30. The Morgan fingerprint density at radius 1 is 1.56 bits per heavy atom. The molecule has 1 aliphatic rings. The van der Waals surface area contributed by atoms with Gasteiger partial charge in [0.25, 0.3) is 0 Å². The van der Waals surface area contributed by atoms with Crippen LogP contribution in [-0.2, 0) is 6.54 Å². The van der Waals surface area contributed by atoms with E-state index in [4.69, 9.17) is 11.0 Å². The number of nitrogen functional groups attached to an aromatic ring is 1. The molecule has 0 radical (unpaired) electrons. The van der Waals surface area contributed by atoms with Gasteiger partial charge in [0.15, 0.2) is 0 Å². The van der Waals surface area contributed by atoms with Gasteiger partial charge in [-0.1, -0.05) is 0 Å². The van der Waals surface area contributed by atoms with E-state index in [1.807, 2.05) is 10.9 Å². The number of nitrogens with zero attached hydrogens (tertiary/aromatic N) is 4. The number of hydrogen-bond donors (Lipinski definition) is 1. The number of rotatable bonds is 6. The molecule has 1 fully saturated rings. The molecule has 1 aromatic heterocycles. The molecule has 0 unspecified atom stereocenters. The minimum absolute atomic E-state index is 0.609. The molecule has 1 saturated carbocycles. The van der Waals surface area contributed by atoms with Crippen LogP contribution >= 0.6 is 0 Å². The number of nitrogens with two attached hydrogens (primary N) is 1. The first-order valence-electron chi connectivity index (χ1n) is 5.68. The quantitative estimate of drug-likeness (QED) is 0.769. The minimum atomic E-state index is 0.609. The first-order chi connectivity index (χ1) is 7.79. The van der Waals surface area contributed by atoms with Gasteiger partial charge in [0, 0.05) is 31.7 Å². The molecule has 16 heavy (non-hydrogen) atoms. The van der Waals surface area contributed by atoms with Crippen LogP contribution in [-0.4, -0.2) is 33.8 Å². The van der Waals surface area contributed by atoms with Gasteiger partial charge in [-0.3, -0.25) is 9.58 Å². The summed E-state index contributed by atoms with van der Waals surface area (Å²) in [5, 5.41) is 12.7. The van der Waals surface area contributed by atoms with E-state index >= 15 is 0 Å². The zero-order chi connectivity index (χ0) is 11.4. The molecule has 0 bridgehead atoms. The summed E-state index contributed by atoms with van der Waals surface area (Å²) in [5.74, 6) is 0. The Bertz CT molecular complexity index is 374. The lowest BCUT2D eigenvalue weighted by Crippen LogP contribution is -2.30. The Balaban J connectivity index is 1.79. The summed E-state index contributed by atoms with van der Waals surface area (Å²) in [4.78, 5) is 2.38. The van der Waals surface area contributed by atoms with Gasteiger partial charge in [-0.25, -0.2) is 0 Å². The van der Waals surface area contributed by atoms with Crippen molar-refractivity contribution >= 4 is 5.69 Å². The summed E-state index contributed by atoms with van der Waals surface area (Å²) in [6.45, 7) is 2.67. The standard InChI is InChI=1S/C11H17N5/c12-4-1-5-15(11-2-3-11)6-7-16-9-10(13)8-14-16/h8-9,11H,1-3,5-7,13H2. The molecule has 1 heterocycles. The third kappa shape index (κ3) is 2.97. The normalized spacial score (nSPS) is 15.2. The van der Waals surface area contributed by atoms with E-state index in [2.05, 4.69) is 16.1 Å². The lowest BCUT2D eigenvalue weighted by Gasteiger charge is -2.20. The number of hydrogen-bond acceptors (Lipinski definition) is 4. The zero-order valence-electron chi connectivity index (χ0n) is 9.34. The third-order valence-corrected chi connectivity index (χ3v) is 2.84. The summed E-state index contributed by atoms with van der Waals surface area (Å²) in [5.41, 5.74) is 6.30. The Morgan fingerprint density at radius 2 is 2.38 bits per heavy atom. The van der Waals surface area contributed by atoms with E-state index in [1.54, 1.807) is 6.20 Å². The maximum atomic E-state index is 8.60. The Hall–Kier alpha value is -1.54. The second-order valence-corrected chi connectivity index (χ2v) is 4.21. The van der Waals surface area contributed by atoms with Gasteiger partial charge in [0.2, 0.25) is 0 Å². The van der Waals surface area contributed by atoms with Crippen LogP contribution in [0.4, 0.5) is 5.69 Å². The average Bonchev–Trinajstić information content (AvgIpc) is 3.03. The molecule has 0 saturated heterocycles. The molecule has 0 atom stereocenters. The van der Waals surface area contributed by atoms with Gasteiger partial charge in [0.05, 0.1) is 24.5 Å². The molecule has 1 aliphatic carbocycles. The highest BCUT2D eigenvalue weighted by atomic mass is 15.3. The second-order valence-electron chi connectivity index (χ2n) is 4.21. The summed E-state index contributed by atoms with van der Waals surface area (Å²) in [6, 6.07) is 2.89. The third-order valence-electron chi connectivity index (χ3n) is 2.84. The molecule has 2 rings (SSSR count). The summed E-state index contributed by atoms with van der Waals surface area (Å²) in [6.07, 6.45) is 6.66. The number of aromatic nitrogens is 2. The zero-order valence-corrected chi connectivity index (χ0v) is 9.34. The van der Waals surface area contributed by atoms with Crippen molar-refractivity contribution in [2.24, 2.45) is 0 Å². The van der Waals surface area contributed by atoms with E-state index in [0.29, 0.717) is 18.2 Å². The van der Waals surface area contributed by atoms with Crippen molar-refractivity contribution in [3.05, 3.63) is 12.4 Å². The van der Waals surface area contributed by atoms with E-state index in [-0.39, 0.29) is 0 Å². The largest absolute Gasteiger partial charge is 0.396 e. The van der Waals surface area contributed by atoms with Crippen LogP contribution in [0.5, 0.6) is 0 Å². The van der Waals surface area contributed by atoms with E-state index < -0.39 is 0 Å². The Labute approximate surface area is 95.4 Å². The number of anilines is 1. The molecule has 5 heteroatoms. The SMILES string of the molecule is N#CCCN(CCn1cc(N)cn1)C1CC1. The topological polar surface area (TPSA) is 70.9 Å². The Kier molecular flexibility index (Phi) is 3.42. The van der Waals surface area contributed by atoms with Crippen LogP contribution in [0.15, 0.2) is 12.4 Å². The van der Waals surface area contributed by atoms with Crippen molar-refractivity contribution in [2.75, 3.05) is 18.8 Å². The predicted octanol–water partition coefficient (Wildman–Crippen LogP) is 0.843. The van der Waals surface area contributed by atoms with Gasteiger partial charge in [-0.15, -0.1) is 0 Å². The van der Waals surface area contributed by atoms with Gasteiger partial charge < -0.3 is 5.73 Å². The van der Waals surface area contributed by atoms with Gasteiger partial charge >= 0.3 is 0 Å². The monoisotopic (exact) mass is 219 g/mol. The molecule has 86 valence electrons. The lowest BCUT2D eigenvalue weighted by atomic mass is 10.3. The fourth-order valence-corrected chi connectivity index (χ4v) is 1.84. The lowest BCUT2D eigenvalue weighted by molar-refractivity contribution is 0.254. The summed E-state index contributed by atoms with van der Waals surface area (Å²) >= 11 is 0. The fourth-order valence-electron chi connectivity index (χ4n) is 1.84. The van der Waals surface area contributed by atoms with Crippen LogP contribution in [0.3, 0.4) is 0 Å². The first kappa shape index (κ1) is 11.0. The molecule has 0 amide bonds. The maximum absolute atomic E-state index is 8.60. The van der Waals surface area contributed by atoms with Gasteiger partial charge in [-0.2, -0.15) is 10.4 Å². The molecule has 5 nitrogen and oxygen atoms in total. The van der Waals surface area contributed by atoms with E-state index in [9.17, 15) is 0 Å².